The Balaban J connectivity index is 2.49. The Morgan fingerprint density at radius 2 is 1.87 bits per heavy atom. The summed E-state index contributed by atoms with van der Waals surface area (Å²) < 4.78 is 5.49. The van der Waals surface area contributed by atoms with Crippen LogP contribution < -0.4 is 4.74 Å². The number of rotatable bonds is 11. The van der Waals surface area contributed by atoms with Crippen LogP contribution in [0.3, 0.4) is 0 Å². The van der Waals surface area contributed by atoms with Crippen LogP contribution in [0.2, 0.25) is 0 Å². The van der Waals surface area contributed by atoms with Crippen LogP contribution in [0.5, 0.6) is 11.5 Å². The van der Waals surface area contributed by atoms with Gasteiger partial charge in [-0.3, -0.25) is 9.59 Å². The summed E-state index contributed by atoms with van der Waals surface area (Å²) in [6.07, 6.45) is 0.240. The van der Waals surface area contributed by atoms with Gasteiger partial charge in [-0.1, -0.05) is 33.8 Å². The van der Waals surface area contributed by atoms with Crippen molar-refractivity contribution in [2.75, 3.05) is 32.8 Å². The molecule has 2 N–H and O–H groups in total. The largest absolute Gasteiger partial charge is 0.504 e. The number of Topliss-reactive ketones (excluding diaryl/α,β-unsaturated/α-hetero) is 1. The molecule has 1 aliphatic heterocycles. The van der Waals surface area contributed by atoms with Gasteiger partial charge in [0.1, 0.15) is 0 Å². The summed E-state index contributed by atoms with van der Waals surface area (Å²) in [5.41, 5.74) is 0.752. The molecule has 1 unspecified atom stereocenters. The van der Waals surface area contributed by atoms with E-state index in [1.54, 1.807) is 17.0 Å². The minimum atomic E-state index is -0.709. The number of aliphatic hydroxyl groups is 1. The van der Waals surface area contributed by atoms with E-state index in [-0.39, 0.29) is 35.2 Å². The van der Waals surface area contributed by atoms with Crippen LogP contribution in [0, 0.1) is 5.92 Å². The molecular formula is C23H34N2O5. The van der Waals surface area contributed by atoms with Crippen molar-refractivity contribution < 1.29 is 24.5 Å². The van der Waals surface area contributed by atoms with E-state index in [1.807, 2.05) is 20.8 Å². The van der Waals surface area contributed by atoms with E-state index in [0.29, 0.717) is 25.3 Å². The first kappa shape index (κ1) is 23.7. The van der Waals surface area contributed by atoms with Crippen LogP contribution >= 0.6 is 0 Å². The van der Waals surface area contributed by atoms with E-state index in [2.05, 4.69) is 18.7 Å². The molecule has 1 heterocycles. The number of likely N-dealkylation sites (N-methyl/N-ethyl adjacent to an activating group) is 1. The number of phenols is 1. The number of hydrogen-bond acceptors (Lipinski definition) is 6. The highest BCUT2D eigenvalue weighted by Gasteiger charge is 2.43. The lowest BCUT2D eigenvalue weighted by Crippen LogP contribution is -2.38. The van der Waals surface area contributed by atoms with Crippen LogP contribution in [0.15, 0.2) is 29.5 Å². The van der Waals surface area contributed by atoms with Crippen LogP contribution in [0.1, 0.15) is 52.6 Å². The number of ketones is 1. The van der Waals surface area contributed by atoms with E-state index in [1.165, 1.54) is 6.07 Å². The summed E-state index contributed by atoms with van der Waals surface area (Å²) in [7, 11) is 0. The molecule has 0 saturated heterocycles. The van der Waals surface area contributed by atoms with E-state index >= 15 is 0 Å². The number of phenolic OH excluding ortho intramolecular Hbond substituents is 1. The number of ether oxygens (including phenoxy) is 1. The fourth-order valence-electron chi connectivity index (χ4n) is 3.76. The first-order valence-electron chi connectivity index (χ1n) is 10.7. The molecule has 0 aromatic heterocycles. The molecule has 1 amide bonds. The Bertz CT molecular complexity index is 799. The zero-order valence-corrected chi connectivity index (χ0v) is 18.6. The number of hydrogen-bond donors (Lipinski definition) is 2. The number of benzene rings is 1. The summed E-state index contributed by atoms with van der Waals surface area (Å²) in [5, 5.41) is 20.7. The van der Waals surface area contributed by atoms with E-state index in [4.69, 9.17) is 4.74 Å². The summed E-state index contributed by atoms with van der Waals surface area (Å²) in [6, 6.07) is 4.09. The zero-order valence-electron chi connectivity index (χ0n) is 18.6. The van der Waals surface area contributed by atoms with Crippen molar-refractivity contribution >= 4 is 11.7 Å². The highest BCUT2D eigenvalue weighted by Crippen LogP contribution is 2.41. The maximum absolute atomic E-state index is 13.0. The molecule has 7 heteroatoms. The van der Waals surface area contributed by atoms with Crippen LogP contribution in [-0.4, -0.2) is 64.5 Å². The highest BCUT2D eigenvalue weighted by molar-refractivity contribution is 6.09. The number of aromatic hydroxyl groups is 1. The van der Waals surface area contributed by atoms with Gasteiger partial charge in [0.05, 0.1) is 18.2 Å². The molecule has 1 aromatic carbocycles. The summed E-state index contributed by atoms with van der Waals surface area (Å²) in [6.45, 7) is 12.8. The first-order chi connectivity index (χ1) is 14.2. The fourth-order valence-corrected chi connectivity index (χ4v) is 3.76. The number of carbonyl (C=O) groups is 2. The molecule has 1 atom stereocenters. The third-order valence-corrected chi connectivity index (χ3v) is 5.35. The molecular weight excluding hydrogens is 384 g/mol. The SMILES string of the molecule is CCOc1cc(C2C(C(=O)CC(C)C)=C(O)C(=O)N2CCN(CC)CC)ccc1O. The van der Waals surface area contributed by atoms with Crippen molar-refractivity contribution in [3.05, 3.63) is 35.1 Å². The molecule has 1 aromatic rings. The zero-order chi connectivity index (χ0) is 22.4. The standard InChI is InChI=1S/C23H34N2O5/c1-6-24(7-2)11-12-25-21(16-9-10-17(26)19(14-16)30-8-3)20(22(28)23(25)29)18(27)13-15(4)5/h9-10,14-15,21,26,28H,6-8,11-13H2,1-5H3. The predicted molar refractivity (Wildman–Crippen MR) is 116 cm³/mol. The van der Waals surface area contributed by atoms with Crippen molar-refractivity contribution in [1.29, 1.82) is 0 Å². The van der Waals surface area contributed by atoms with Gasteiger partial charge < -0.3 is 24.7 Å². The lowest BCUT2D eigenvalue weighted by molar-refractivity contribution is -0.129. The molecule has 0 spiro atoms. The lowest BCUT2D eigenvalue weighted by atomic mass is 9.92. The minimum Gasteiger partial charge on any atom is -0.504 e. The Labute approximate surface area is 178 Å². The van der Waals surface area contributed by atoms with Gasteiger partial charge >= 0.3 is 0 Å². The van der Waals surface area contributed by atoms with Gasteiger partial charge in [0.25, 0.3) is 5.91 Å². The van der Waals surface area contributed by atoms with E-state index in [9.17, 15) is 19.8 Å². The normalized spacial score (nSPS) is 16.8. The second kappa shape index (κ2) is 10.5. The number of amides is 1. The molecule has 0 fully saturated rings. The third-order valence-electron chi connectivity index (χ3n) is 5.35. The van der Waals surface area contributed by atoms with Gasteiger partial charge in [-0.05, 0) is 43.6 Å². The van der Waals surface area contributed by atoms with E-state index < -0.39 is 17.7 Å². The predicted octanol–water partition coefficient (Wildman–Crippen LogP) is 3.44. The maximum atomic E-state index is 13.0. The fraction of sp³-hybridized carbons (Fsp3) is 0.565. The maximum Gasteiger partial charge on any atom is 0.290 e. The molecule has 7 nitrogen and oxygen atoms in total. The van der Waals surface area contributed by atoms with Crippen molar-refractivity contribution in [3.63, 3.8) is 0 Å². The first-order valence-corrected chi connectivity index (χ1v) is 10.7. The average molecular weight is 419 g/mol. The molecule has 30 heavy (non-hydrogen) atoms. The van der Waals surface area contributed by atoms with Gasteiger partial charge in [-0.25, -0.2) is 0 Å². The molecule has 1 aliphatic rings. The second-order valence-corrected chi connectivity index (χ2v) is 7.87. The topological polar surface area (TPSA) is 90.3 Å². The summed E-state index contributed by atoms with van der Waals surface area (Å²) >= 11 is 0. The quantitative estimate of drug-likeness (QED) is 0.572. The third kappa shape index (κ3) is 5.14. The Morgan fingerprint density at radius 1 is 1.20 bits per heavy atom. The Kier molecular flexibility index (Phi) is 8.29. The molecule has 0 saturated carbocycles. The van der Waals surface area contributed by atoms with Crippen LogP contribution in [0.4, 0.5) is 0 Å². The number of carbonyl (C=O) groups excluding carboxylic acids is 2. The smallest absolute Gasteiger partial charge is 0.290 e. The van der Waals surface area contributed by atoms with Crippen molar-refractivity contribution in [2.45, 2.75) is 47.1 Å². The molecule has 166 valence electrons. The van der Waals surface area contributed by atoms with Crippen molar-refractivity contribution in [1.82, 2.24) is 9.80 Å². The molecule has 0 aliphatic carbocycles. The van der Waals surface area contributed by atoms with Gasteiger partial charge in [0.2, 0.25) is 0 Å². The van der Waals surface area contributed by atoms with Crippen molar-refractivity contribution in [2.24, 2.45) is 5.92 Å². The Morgan fingerprint density at radius 3 is 2.43 bits per heavy atom. The van der Waals surface area contributed by atoms with Crippen molar-refractivity contribution in [3.8, 4) is 11.5 Å². The van der Waals surface area contributed by atoms with Gasteiger partial charge in [-0.2, -0.15) is 0 Å². The van der Waals surface area contributed by atoms with Crippen LogP contribution in [-0.2, 0) is 9.59 Å². The van der Waals surface area contributed by atoms with Crippen LogP contribution in [0.25, 0.3) is 0 Å². The number of nitrogens with zero attached hydrogens (tertiary/aromatic N) is 2. The number of aliphatic hydroxyl groups excluding tert-OH is 1. The monoisotopic (exact) mass is 418 g/mol. The minimum absolute atomic E-state index is 0.0112. The highest BCUT2D eigenvalue weighted by atomic mass is 16.5. The Hall–Kier alpha value is -2.54. The van der Waals surface area contributed by atoms with Gasteiger partial charge in [0, 0.05) is 19.5 Å². The summed E-state index contributed by atoms with van der Waals surface area (Å²) in [5.74, 6) is -0.883. The molecule has 0 bridgehead atoms. The summed E-state index contributed by atoms with van der Waals surface area (Å²) in [4.78, 5) is 29.6. The second-order valence-electron chi connectivity index (χ2n) is 7.87. The molecule has 0 radical (unpaired) electrons. The van der Waals surface area contributed by atoms with Gasteiger partial charge in [-0.15, -0.1) is 0 Å². The van der Waals surface area contributed by atoms with E-state index in [0.717, 1.165) is 13.1 Å². The molecule has 2 rings (SSSR count). The lowest BCUT2D eigenvalue weighted by Gasteiger charge is -2.29. The average Bonchev–Trinajstić information content (AvgIpc) is 2.95. The van der Waals surface area contributed by atoms with Gasteiger partial charge in [0.15, 0.2) is 23.0 Å².